The van der Waals surface area contributed by atoms with Crippen molar-refractivity contribution in [2.75, 3.05) is 19.8 Å². The molecule has 0 radical (unpaired) electrons. The number of para-hydroxylation sites is 1. The molecule has 1 aromatic carbocycles. The zero-order chi connectivity index (χ0) is 20.9. The third-order valence-corrected chi connectivity index (χ3v) is 4.76. The number of hydrogen-bond acceptors (Lipinski definition) is 4. The maximum Gasteiger partial charge on any atom is 0.573 e. The van der Waals surface area contributed by atoms with Crippen LogP contribution in [-0.2, 0) is 9.53 Å². The number of unbranched alkanes of at least 4 members (excludes halogenated alkanes) is 2. The van der Waals surface area contributed by atoms with Crippen molar-refractivity contribution < 1.29 is 27.4 Å². The van der Waals surface area contributed by atoms with Crippen molar-refractivity contribution >= 4 is 5.91 Å². The first-order valence-electron chi connectivity index (χ1n) is 9.57. The highest BCUT2D eigenvalue weighted by Gasteiger charge is 2.33. The maximum atomic E-state index is 12.7. The Kier molecular flexibility index (Phi) is 6.74. The molecule has 1 unspecified atom stereocenters. The number of halogens is 3. The van der Waals surface area contributed by atoms with Crippen LogP contribution in [0.5, 0.6) is 5.75 Å². The molecule has 8 heteroatoms. The Hall–Kier alpha value is -2.61. The molecule has 0 saturated carbocycles. The SMILES string of the molecule is CCCCCN1C(=O)COCC1c1ccc(-c2ccccc2OC(F)(F)F)nc1. The lowest BCUT2D eigenvalue weighted by atomic mass is 10.0. The molecule has 1 aromatic heterocycles. The van der Waals surface area contributed by atoms with Gasteiger partial charge in [0.15, 0.2) is 0 Å². The average molecular weight is 408 g/mol. The van der Waals surface area contributed by atoms with Gasteiger partial charge in [-0.25, -0.2) is 0 Å². The number of rotatable bonds is 7. The van der Waals surface area contributed by atoms with Gasteiger partial charge in [-0.05, 0) is 30.2 Å². The van der Waals surface area contributed by atoms with E-state index in [1.165, 1.54) is 18.2 Å². The molecule has 3 rings (SSSR count). The first-order valence-corrected chi connectivity index (χ1v) is 9.57. The fourth-order valence-corrected chi connectivity index (χ4v) is 3.35. The van der Waals surface area contributed by atoms with E-state index in [2.05, 4.69) is 16.6 Å². The Morgan fingerprint density at radius 3 is 2.69 bits per heavy atom. The van der Waals surface area contributed by atoms with Gasteiger partial charge in [-0.1, -0.05) is 38.0 Å². The molecule has 1 atom stereocenters. The quantitative estimate of drug-likeness (QED) is 0.621. The van der Waals surface area contributed by atoms with Gasteiger partial charge in [0.1, 0.15) is 12.4 Å². The van der Waals surface area contributed by atoms with E-state index in [9.17, 15) is 18.0 Å². The number of ether oxygens (including phenoxy) is 2. The van der Waals surface area contributed by atoms with Gasteiger partial charge in [-0.2, -0.15) is 0 Å². The molecular formula is C21H23F3N2O3. The summed E-state index contributed by atoms with van der Waals surface area (Å²) >= 11 is 0. The summed E-state index contributed by atoms with van der Waals surface area (Å²) in [5.41, 5.74) is 1.38. The van der Waals surface area contributed by atoms with Gasteiger partial charge in [0.05, 0.1) is 18.3 Å². The summed E-state index contributed by atoms with van der Waals surface area (Å²) in [6, 6.07) is 9.02. The second-order valence-electron chi connectivity index (χ2n) is 6.85. The molecule has 0 bridgehead atoms. The zero-order valence-corrected chi connectivity index (χ0v) is 16.1. The number of benzene rings is 1. The second-order valence-corrected chi connectivity index (χ2v) is 6.85. The average Bonchev–Trinajstić information content (AvgIpc) is 2.69. The molecular weight excluding hydrogens is 385 g/mol. The summed E-state index contributed by atoms with van der Waals surface area (Å²) in [6.07, 6.45) is -0.205. The molecule has 0 aliphatic carbocycles. The number of aromatic nitrogens is 1. The topological polar surface area (TPSA) is 51.7 Å². The van der Waals surface area contributed by atoms with Crippen molar-refractivity contribution in [3.8, 4) is 17.0 Å². The van der Waals surface area contributed by atoms with Crippen LogP contribution in [0.1, 0.15) is 37.8 Å². The van der Waals surface area contributed by atoms with E-state index in [1.54, 1.807) is 29.3 Å². The monoisotopic (exact) mass is 408 g/mol. The summed E-state index contributed by atoms with van der Waals surface area (Å²) in [7, 11) is 0. The van der Waals surface area contributed by atoms with Crippen LogP contribution in [0.15, 0.2) is 42.6 Å². The van der Waals surface area contributed by atoms with Crippen LogP contribution in [0.4, 0.5) is 13.2 Å². The highest BCUT2D eigenvalue weighted by molar-refractivity contribution is 5.78. The molecule has 1 fully saturated rings. The number of amides is 1. The molecule has 0 N–H and O–H groups in total. The predicted molar refractivity (Wildman–Crippen MR) is 101 cm³/mol. The van der Waals surface area contributed by atoms with Gasteiger partial charge in [-0.3, -0.25) is 9.78 Å². The third kappa shape index (κ3) is 5.47. The van der Waals surface area contributed by atoms with E-state index in [1.807, 2.05) is 0 Å². The number of carbonyl (C=O) groups excluding carboxylic acids is 1. The van der Waals surface area contributed by atoms with Crippen LogP contribution in [0.2, 0.25) is 0 Å². The third-order valence-electron chi connectivity index (χ3n) is 4.76. The van der Waals surface area contributed by atoms with E-state index in [0.717, 1.165) is 24.8 Å². The molecule has 1 aliphatic heterocycles. The summed E-state index contributed by atoms with van der Waals surface area (Å²) in [4.78, 5) is 18.4. The van der Waals surface area contributed by atoms with Crippen LogP contribution in [0.25, 0.3) is 11.3 Å². The van der Waals surface area contributed by atoms with Crippen LogP contribution in [0.3, 0.4) is 0 Å². The van der Waals surface area contributed by atoms with Gasteiger partial charge < -0.3 is 14.4 Å². The molecule has 29 heavy (non-hydrogen) atoms. The molecule has 1 amide bonds. The van der Waals surface area contributed by atoms with Crippen LogP contribution >= 0.6 is 0 Å². The minimum atomic E-state index is -4.78. The van der Waals surface area contributed by atoms with E-state index in [-0.39, 0.29) is 29.9 Å². The van der Waals surface area contributed by atoms with Gasteiger partial charge in [-0.15, -0.1) is 13.2 Å². The zero-order valence-electron chi connectivity index (χ0n) is 16.1. The smallest absolute Gasteiger partial charge is 0.405 e. The number of alkyl halides is 3. The van der Waals surface area contributed by atoms with Gasteiger partial charge in [0.2, 0.25) is 5.91 Å². The lowest BCUT2D eigenvalue weighted by molar-refractivity contribution is -0.274. The second kappa shape index (κ2) is 9.26. The Morgan fingerprint density at radius 2 is 2.00 bits per heavy atom. The highest BCUT2D eigenvalue weighted by Crippen LogP contribution is 2.33. The van der Waals surface area contributed by atoms with Crippen molar-refractivity contribution in [2.45, 2.75) is 38.6 Å². The number of pyridine rings is 1. The minimum Gasteiger partial charge on any atom is -0.405 e. The summed E-state index contributed by atoms with van der Waals surface area (Å²) in [5.74, 6) is -0.372. The van der Waals surface area contributed by atoms with Gasteiger partial charge in [0, 0.05) is 18.3 Å². The Labute approximate surface area is 167 Å². The standard InChI is InChI=1S/C21H23F3N2O3/c1-2-3-6-11-26-18(13-28-14-20(26)27)15-9-10-17(25-12-15)16-7-4-5-8-19(16)29-21(22,23)24/h4-5,7-10,12,18H,2-3,6,11,13-14H2,1H3. The molecule has 1 aliphatic rings. The Bertz CT molecular complexity index is 825. The maximum absolute atomic E-state index is 12.7. The van der Waals surface area contributed by atoms with E-state index < -0.39 is 6.36 Å². The summed E-state index contributed by atoms with van der Waals surface area (Å²) in [5, 5.41) is 0. The fraction of sp³-hybridized carbons (Fsp3) is 0.429. The summed E-state index contributed by atoms with van der Waals surface area (Å²) < 4.78 is 47.5. The number of hydrogen-bond donors (Lipinski definition) is 0. The number of morpholine rings is 1. The normalized spacial score (nSPS) is 17.4. The molecule has 156 valence electrons. The largest absolute Gasteiger partial charge is 0.573 e. The molecule has 5 nitrogen and oxygen atoms in total. The Balaban J connectivity index is 1.82. The first-order chi connectivity index (χ1) is 13.9. The fourth-order valence-electron chi connectivity index (χ4n) is 3.35. The first kappa shape index (κ1) is 21.1. The van der Waals surface area contributed by atoms with Crippen molar-refractivity contribution in [3.05, 3.63) is 48.2 Å². The molecule has 0 spiro atoms. The number of carbonyl (C=O) groups is 1. The van der Waals surface area contributed by atoms with Crippen LogP contribution in [0, 0.1) is 0 Å². The lowest BCUT2D eigenvalue weighted by Gasteiger charge is -2.35. The van der Waals surface area contributed by atoms with Crippen molar-refractivity contribution in [1.82, 2.24) is 9.88 Å². The minimum absolute atomic E-state index is 0.0645. The lowest BCUT2D eigenvalue weighted by Crippen LogP contribution is -2.44. The van der Waals surface area contributed by atoms with Crippen molar-refractivity contribution in [2.24, 2.45) is 0 Å². The van der Waals surface area contributed by atoms with Crippen LogP contribution < -0.4 is 4.74 Å². The van der Waals surface area contributed by atoms with Gasteiger partial charge >= 0.3 is 6.36 Å². The molecule has 1 saturated heterocycles. The summed E-state index contributed by atoms with van der Waals surface area (Å²) in [6.45, 7) is 3.18. The van der Waals surface area contributed by atoms with E-state index in [0.29, 0.717) is 18.8 Å². The number of nitrogens with zero attached hydrogens (tertiary/aromatic N) is 2. The molecule has 2 aromatic rings. The highest BCUT2D eigenvalue weighted by atomic mass is 19.4. The van der Waals surface area contributed by atoms with E-state index >= 15 is 0 Å². The molecule has 2 heterocycles. The Morgan fingerprint density at radius 1 is 1.21 bits per heavy atom. The van der Waals surface area contributed by atoms with E-state index in [4.69, 9.17) is 4.74 Å². The predicted octanol–water partition coefficient (Wildman–Crippen LogP) is 4.74. The van der Waals surface area contributed by atoms with Crippen molar-refractivity contribution in [1.29, 1.82) is 0 Å². The van der Waals surface area contributed by atoms with Crippen molar-refractivity contribution in [3.63, 3.8) is 0 Å². The van der Waals surface area contributed by atoms with Crippen LogP contribution in [-0.4, -0.2) is 41.9 Å². The van der Waals surface area contributed by atoms with Gasteiger partial charge in [0.25, 0.3) is 0 Å².